The highest BCUT2D eigenvalue weighted by Gasteiger charge is 2.15. The van der Waals surface area contributed by atoms with E-state index >= 15 is 0 Å². The Hall–Kier alpha value is -3.27. The van der Waals surface area contributed by atoms with E-state index in [1.807, 2.05) is 0 Å². The van der Waals surface area contributed by atoms with Crippen LogP contribution in [0.3, 0.4) is 0 Å². The molecular weight excluding hydrogens is 374 g/mol. The van der Waals surface area contributed by atoms with Crippen molar-refractivity contribution in [3.8, 4) is 22.8 Å². The fraction of sp³-hybridized carbons (Fsp3) is 0.0588. The third kappa shape index (κ3) is 3.65. The van der Waals surface area contributed by atoms with Crippen LogP contribution in [0.1, 0.15) is 5.82 Å². The lowest BCUT2D eigenvalue weighted by atomic mass is 10.2. The number of rotatable bonds is 5. The number of aromatic nitrogens is 5. The van der Waals surface area contributed by atoms with Gasteiger partial charge in [-0.2, -0.15) is 4.98 Å². The molecular formula is C17H12F2N6OS. The first-order valence-electron chi connectivity index (χ1n) is 7.78. The molecule has 2 heterocycles. The standard InChI is InChI=1S/C17H12F2N6OS/c18-12-5-1-10(2-6-12)15-22-23-17(25(15)20)27-9-14-21-16(26-24-14)11-3-7-13(19)8-4-11/h1-8H,9,20H2. The van der Waals surface area contributed by atoms with E-state index in [1.165, 1.54) is 40.7 Å². The highest BCUT2D eigenvalue weighted by atomic mass is 32.2. The molecule has 136 valence electrons. The Labute approximate surface area is 156 Å². The van der Waals surface area contributed by atoms with Crippen LogP contribution >= 0.6 is 11.8 Å². The summed E-state index contributed by atoms with van der Waals surface area (Å²) in [6.45, 7) is 0. The van der Waals surface area contributed by atoms with Crippen molar-refractivity contribution in [1.82, 2.24) is 25.0 Å². The Morgan fingerprint density at radius 2 is 1.56 bits per heavy atom. The fourth-order valence-electron chi connectivity index (χ4n) is 2.32. The van der Waals surface area contributed by atoms with Crippen molar-refractivity contribution in [3.63, 3.8) is 0 Å². The van der Waals surface area contributed by atoms with Crippen molar-refractivity contribution in [2.45, 2.75) is 10.9 Å². The van der Waals surface area contributed by atoms with E-state index in [1.54, 1.807) is 24.3 Å². The first kappa shape index (κ1) is 17.2. The van der Waals surface area contributed by atoms with Gasteiger partial charge in [0.25, 0.3) is 5.89 Å². The molecule has 4 rings (SSSR count). The maximum absolute atomic E-state index is 13.0. The molecule has 27 heavy (non-hydrogen) atoms. The van der Waals surface area contributed by atoms with Crippen molar-refractivity contribution in [2.24, 2.45) is 0 Å². The third-order valence-electron chi connectivity index (χ3n) is 3.66. The summed E-state index contributed by atoms with van der Waals surface area (Å²) in [5.74, 6) is 6.84. The third-order valence-corrected chi connectivity index (χ3v) is 4.60. The number of hydrogen-bond acceptors (Lipinski definition) is 7. The van der Waals surface area contributed by atoms with E-state index in [4.69, 9.17) is 10.4 Å². The summed E-state index contributed by atoms with van der Waals surface area (Å²) in [5.41, 5.74) is 1.28. The molecule has 2 N–H and O–H groups in total. The SMILES string of the molecule is Nn1c(SCc2noc(-c3ccc(F)cc3)n2)nnc1-c1ccc(F)cc1. The topological polar surface area (TPSA) is 95.7 Å². The molecule has 0 fully saturated rings. The Morgan fingerprint density at radius 1 is 0.926 bits per heavy atom. The number of halogens is 2. The van der Waals surface area contributed by atoms with Crippen LogP contribution in [0, 0.1) is 11.6 Å². The number of nitrogen functional groups attached to an aromatic ring is 1. The van der Waals surface area contributed by atoms with Crippen LogP contribution in [0.15, 0.2) is 58.2 Å². The molecule has 0 saturated carbocycles. The van der Waals surface area contributed by atoms with Crippen LogP contribution in [0.5, 0.6) is 0 Å². The van der Waals surface area contributed by atoms with E-state index in [0.29, 0.717) is 39.6 Å². The normalized spacial score (nSPS) is 11.0. The minimum atomic E-state index is -0.342. The van der Waals surface area contributed by atoms with Crippen molar-refractivity contribution >= 4 is 11.8 Å². The molecule has 0 saturated heterocycles. The molecule has 10 heteroatoms. The molecule has 0 bridgehead atoms. The first-order chi connectivity index (χ1) is 13.1. The van der Waals surface area contributed by atoms with Crippen LogP contribution in [0.25, 0.3) is 22.8 Å². The van der Waals surface area contributed by atoms with Gasteiger partial charge in [0, 0.05) is 11.1 Å². The van der Waals surface area contributed by atoms with Gasteiger partial charge in [0.2, 0.25) is 5.16 Å². The maximum Gasteiger partial charge on any atom is 0.257 e. The zero-order valence-corrected chi connectivity index (χ0v) is 14.5. The van der Waals surface area contributed by atoms with Crippen LogP contribution < -0.4 is 5.84 Å². The van der Waals surface area contributed by atoms with Gasteiger partial charge in [0.15, 0.2) is 11.6 Å². The molecule has 0 radical (unpaired) electrons. The second kappa shape index (κ2) is 7.16. The molecule has 0 amide bonds. The smallest absolute Gasteiger partial charge is 0.257 e. The number of hydrogen-bond donors (Lipinski definition) is 1. The summed E-state index contributed by atoms with van der Waals surface area (Å²) >= 11 is 1.28. The predicted molar refractivity (Wildman–Crippen MR) is 94.8 cm³/mol. The summed E-state index contributed by atoms with van der Waals surface area (Å²) < 4.78 is 32.5. The van der Waals surface area contributed by atoms with E-state index in [9.17, 15) is 8.78 Å². The first-order valence-corrected chi connectivity index (χ1v) is 8.76. The van der Waals surface area contributed by atoms with Crippen molar-refractivity contribution in [3.05, 3.63) is 66.0 Å². The molecule has 0 aliphatic heterocycles. The molecule has 0 aliphatic rings. The molecule has 0 atom stereocenters. The minimum absolute atomic E-state index is 0.298. The summed E-state index contributed by atoms with van der Waals surface area (Å²) in [6.07, 6.45) is 0. The van der Waals surface area contributed by atoms with Gasteiger partial charge in [-0.25, -0.2) is 13.5 Å². The molecule has 0 spiro atoms. The molecule has 2 aromatic carbocycles. The minimum Gasteiger partial charge on any atom is -0.335 e. The van der Waals surface area contributed by atoms with Gasteiger partial charge in [0.05, 0.1) is 5.75 Å². The van der Waals surface area contributed by atoms with Crippen molar-refractivity contribution in [1.29, 1.82) is 0 Å². The van der Waals surface area contributed by atoms with E-state index in [0.717, 1.165) is 0 Å². The zero-order valence-electron chi connectivity index (χ0n) is 13.7. The van der Waals surface area contributed by atoms with E-state index in [2.05, 4.69) is 20.3 Å². The Balaban J connectivity index is 1.46. The fourth-order valence-corrected chi connectivity index (χ4v) is 3.02. The lowest BCUT2D eigenvalue weighted by molar-refractivity contribution is 0.425. The largest absolute Gasteiger partial charge is 0.335 e. The van der Waals surface area contributed by atoms with Gasteiger partial charge >= 0.3 is 0 Å². The quantitative estimate of drug-likeness (QED) is 0.415. The highest BCUT2D eigenvalue weighted by molar-refractivity contribution is 7.98. The predicted octanol–water partition coefficient (Wildman–Crippen LogP) is 3.28. The molecule has 0 unspecified atom stereocenters. The molecule has 7 nitrogen and oxygen atoms in total. The van der Waals surface area contributed by atoms with E-state index < -0.39 is 0 Å². The van der Waals surface area contributed by atoms with Gasteiger partial charge in [-0.05, 0) is 48.5 Å². The zero-order chi connectivity index (χ0) is 18.8. The Morgan fingerprint density at radius 3 is 2.22 bits per heavy atom. The summed E-state index contributed by atoms with van der Waals surface area (Å²) in [5, 5.41) is 12.4. The second-order valence-electron chi connectivity index (χ2n) is 5.49. The summed E-state index contributed by atoms with van der Waals surface area (Å²) in [4.78, 5) is 4.27. The Kier molecular flexibility index (Phi) is 4.55. The molecule has 2 aromatic heterocycles. The highest BCUT2D eigenvalue weighted by Crippen LogP contribution is 2.25. The van der Waals surface area contributed by atoms with Crippen LogP contribution in [-0.4, -0.2) is 25.0 Å². The molecule has 4 aromatic rings. The average molecular weight is 386 g/mol. The number of nitrogens with two attached hydrogens (primary N) is 1. The van der Waals surface area contributed by atoms with Gasteiger partial charge in [-0.15, -0.1) is 10.2 Å². The van der Waals surface area contributed by atoms with Gasteiger partial charge in [-0.3, -0.25) is 0 Å². The summed E-state index contributed by atoms with van der Waals surface area (Å²) in [6, 6.07) is 11.6. The van der Waals surface area contributed by atoms with Crippen molar-refractivity contribution < 1.29 is 13.3 Å². The van der Waals surface area contributed by atoms with Gasteiger partial charge in [0.1, 0.15) is 11.6 Å². The lowest BCUT2D eigenvalue weighted by Gasteiger charge is -2.02. The van der Waals surface area contributed by atoms with Gasteiger partial charge < -0.3 is 10.4 Å². The summed E-state index contributed by atoms with van der Waals surface area (Å²) in [7, 11) is 0. The van der Waals surface area contributed by atoms with E-state index in [-0.39, 0.29) is 11.6 Å². The van der Waals surface area contributed by atoms with Crippen LogP contribution in [0.4, 0.5) is 8.78 Å². The lowest BCUT2D eigenvalue weighted by Crippen LogP contribution is -2.11. The Bertz CT molecular complexity index is 1060. The number of nitrogens with zero attached hydrogens (tertiary/aromatic N) is 5. The monoisotopic (exact) mass is 386 g/mol. The van der Waals surface area contributed by atoms with Crippen LogP contribution in [0.2, 0.25) is 0 Å². The molecule has 0 aliphatic carbocycles. The number of benzene rings is 2. The second-order valence-corrected chi connectivity index (χ2v) is 6.44. The van der Waals surface area contributed by atoms with Crippen molar-refractivity contribution in [2.75, 3.05) is 5.84 Å². The maximum atomic E-state index is 13.0. The number of thioether (sulfide) groups is 1. The van der Waals surface area contributed by atoms with Crippen LogP contribution in [-0.2, 0) is 5.75 Å². The van der Waals surface area contributed by atoms with Gasteiger partial charge in [-0.1, -0.05) is 16.9 Å². The average Bonchev–Trinajstić information content (AvgIpc) is 3.28.